The van der Waals surface area contributed by atoms with Crippen molar-refractivity contribution in [3.63, 3.8) is 0 Å². The molecule has 0 saturated heterocycles. The van der Waals surface area contributed by atoms with Gasteiger partial charge in [-0.1, -0.05) is 0 Å². The van der Waals surface area contributed by atoms with Crippen molar-refractivity contribution in [2.45, 2.75) is 0 Å². The van der Waals surface area contributed by atoms with Gasteiger partial charge in [0.05, 0.1) is 12.8 Å². The molecule has 0 atom stereocenters. The number of aromatic nitrogens is 2. The topological polar surface area (TPSA) is 53.1 Å². The first kappa shape index (κ1) is 11.4. The summed E-state index contributed by atoms with van der Waals surface area (Å²) in [6.07, 6.45) is 0. The fraction of sp³-hybridized carbons (Fsp3) is 0.182. The van der Waals surface area contributed by atoms with Crippen molar-refractivity contribution in [2.75, 3.05) is 12.8 Å². The zero-order valence-corrected chi connectivity index (χ0v) is 9.37. The van der Waals surface area contributed by atoms with Crippen LogP contribution in [0.3, 0.4) is 0 Å². The van der Waals surface area contributed by atoms with E-state index >= 15 is 0 Å². The highest BCUT2D eigenvalue weighted by Crippen LogP contribution is 2.28. The SMILES string of the molecule is COc1c(F)cc(-c2cc(N)n(C)n2)cc1F. The number of ether oxygens (including phenoxy) is 1. The summed E-state index contributed by atoms with van der Waals surface area (Å²) in [6.45, 7) is 0. The van der Waals surface area contributed by atoms with E-state index in [-0.39, 0.29) is 0 Å². The number of benzene rings is 1. The van der Waals surface area contributed by atoms with Crippen LogP contribution in [0.5, 0.6) is 5.75 Å². The molecule has 0 saturated carbocycles. The molecule has 2 aromatic rings. The number of anilines is 1. The number of nitrogens with two attached hydrogens (primary N) is 1. The fourth-order valence-corrected chi connectivity index (χ4v) is 1.53. The maximum atomic E-state index is 13.5. The Balaban J connectivity index is 2.54. The molecule has 0 spiro atoms. The number of nitrogens with zero attached hydrogens (tertiary/aromatic N) is 2. The van der Waals surface area contributed by atoms with E-state index in [1.165, 1.54) is 11.8 Å². The number of hydrogen-bond acceptors (Lipinski definition) is 3. The van der Waals surface area contributed by atoms with Crippen molar-refractivity contribution in [3.8, 4) is 17.0 Å². The van der Waals surface area contributed by atoms with Crippen LogP contribution in [0.1, 0.15) is 0 Å². The van der Waals surface area contributed by atoms with Gasteiger partial charge in [-0.3, -0.25) is 4.68 Å². The molecule has 1 heterocycles. The molecular weight excluding hydrogens is 228 g/mol. The van der Waals surface area contributed by atoms with Gasteiger partial charge in [0.1, 0.15) is 5.82 Å². The van der Waals surface area contributed by atoms with Gasteiger partial charge >= 0.3 is 0 Å². The van der Waals surface area contributed by atoms with Gasteiger partial charge < -0.3 is 10.5 Å². The van der Waals surface area contributed by atoms with Crippen molar-refractivity contribution < 1.29 is 13.5 Å². The summed E-state index contributed by atoms with van der Waals surface area (Å²) < 4.78 is 33.0. The first-order valence-corrected chi connectivity index (χ1v) is 4.86. The third-order valence-corrected chi connectivity index (χ3v) is 2.41. The van der Waals surface area contributed by atoms with Crippen molar-refractivity contribution in [2.24, 2.45) is 7.05 Å². The second kappa shape index (κ2) is 4.04. The molecule has 0 aliphatic heterocycles. The monoisotopic (exact) mass is 239 g/mol. The molecule has 0 unspecified atom stereocenters. The molecule has 0 bridgehead atoms. The van der Waals surface area contributed by atoms with Gasteiger partial charge in [0.15, 0.2) is 17.4 Å². The molecule has 90 valence electrons. The second-order valence-corrected chi connectivity index (χ2v) is 3.55. The molecule has 0 radical (unpaired) electrons. The van der Waals surface area contributed by atoms with Gasteiger partial charge in [0, 0.05) is 18.7 Å². The van der Waals surface area contributed by atoms with E-state index in [0.29, 0.717) is 17.1 Å². The average molecular weight is 239 g/mol. The lowest BCUT2D eigenvalue weighted by molar-refractivity contribution is 0.360. The Morgan fingerprint density at radius 2 is 1.82 bits per heavy atom. The molecule has 2 N–H and O–H groups in total. The van der Waals surface area contributed by atoms with Gasteiger partial charge in [0.2, 0.25) is 0 Å². The Morgan fingerprint density at radius 3 is 2.24 bits per heavy atom. The van der Waals surface area contributed by atoms with Crippen LogP contribution in [0.2, 0.25) is 0 Å². The first-order chi connectivity index (χ1) is 8.02. The highest BCUT2D eigenvalue weighted by atomic mass is 19.1. The van der Waals surface area contributed by atoms with Crippen LogP contribution < -0.4 is 10.5 Å². The van der Waals surface area contributed by atoms with Gasteiger partial charge in [-0.05, 0) is 12.1 Å². The first-order valence-electron chi connectivity index (χ1n) is 4.86. The Kier molecular flexibility index (Phi) is 2.71. The number of nitrogen functional groups attached to an aromatic ring is 1. The number of methoxy groups -OCH3 is 1. The number of aryl methyl sites for hydroxylation is 1. The van der Waals surface area contributed by atoms with Crippen LogP contribution in [-0.2, 0) is 7.05 Å². The smallest absolute Gasteiger partial charge is 0.190 e. The maximum absolute atomic E-state index is 13.5. The lowest BCUT2D eigenvalue weighted by atomic mass is 10.1. The van der Waals surface area contributed by atoms with E-state index in [4.69, 9.17) is 5.73 Å². The minimum atomic E-state index is -0.772. The Labute approximate surface area is 96.6 Å². The van der Waals surface area contributed by atoms with Crippen molar-refractivity contribution in [3.05, 3.63) is 29.8 Å². The predicted octanol–water partition coefficient (Wildman–Crippen LogP) is 1.96. The molecule has 1 aromatic heterocycles. The molecule has 1 aromatic carbocycles. The maximum Gasteiger partial charge on any atom is 0.190 e. The average Bonchev–Trinajstić information content (AvgIpc) is 2.59. The molecule has 17 heavy (non-hydrogen) atoms. The minimum absolute atomic E-state index is 0.313. The summed E-state index contributed by atoms with van der Waals surface area (Å²) in [5.74, 6) is -1.53. The Morgan fingerprint density at radius 1 is 1.24 bits per heavy atom. The third kappa shape index (κ3) is 1.93. The van der Waals surface area contributed by atoms with E-state index in [9.17, 15) is 8.78 Å². The standard InChI is InChI=1S/C11H11F2N3O/c1-16-10(14)5-9(15-16)6-3-7(12)11(17-2)8(13)4-6/h3-5H,14H2,1-2H3. The van der Waals surface area contributed by atoms with Gasteiger partial charge in [-0.2, -0.15) is 5.10 Å². The Bertz CT molecular complexity index is 523. The number of hydrogen-bond donors (Lipinski definition) is 1. The van der Waals surface area contributed by atoms with Crippen molar-refractivity contribution in [1.82, 2.24) is 9.78 Å². The summed E-state index contributed by atoms with van der Waals surface area (Å²) in [7, 11) is 2.86. The van der Waals surface area contributed by atoms with E-state index in [2.05, 4.69) is 9.84 Å². The normalized spacial score (nSPS) is 10.6. The zero-order valence-electron chi connectivity index (χ0n) is 9.37. The van der Waals surface area contributed by atoms with Gasteiger partial charge in [-0.15, -0.1) is 0 Å². The highest BCUT2D eigenvalue weighted by Gasteiger charge is 2.14. The largest absolute Gasteiger partial charge is 0.491 e. The van der Waals surface area contributed by atoms with Crippen LogP contribution in [-0.4, -0.2) is 16.9 Å². The van der Waals surface area contributed by atoms with Gasteiger partial charge in [0.25, 0.3) is 0 Å². The number of rotatable bonds is 2. The molecular formula is C11H11F2N3O. The third-order valence-electron chi connectivity index (χ3n) is 2.41. The molecule has 2 rings (SSSR count). The van der Waals surface area contributed by atoms with E-state index in [1.807, 2.05) is 0 Å². The van der Waals surface area contributed by atoms with Crippen molar-refractivity contribution in [1.29, 1.82) is 0 Å². The van der Waals surface area contributed by atoms with Crippen molar-refractivity contribution >= 4 is 5.82 Å². The summed E-state index contributed by atoms with van der Waals surface area (Å²) in [6, 6.07) is 3.86. The Hall–Kier alpha value is -2.11. The van der Waals surface area contributed by atoms with Gasteiger partial charge in [-0.25, -0.2) is 8.78 Å². The molecule has 0 aliphatic rings. The summed E-state index contributed by atoms with van der Waals surface area (Å²) in [4.78, 5) is 0. The number of halogens is 2. The zero-order chi connectivity index (χ0) is 12.6. The van der Waals surface area contributed by atoms with Crippen LogP contribution in [0, 0.1) is 11.6 Å². The van der Waals surface area contributed by atoms with Crippen LogP contribution in [0.4, 0.5) is 14.6 Å². The summed E-state index contributed by atoms with van der Waals surface area (Å²) >= 11 is 0. The molecule has 0 amide bonds. The lowest BCUT2D eigenvalue weighted by Gasteiger charge is -2.05. The fourth-order valence-electron chi connectivity index (χ4n) is 1.53. The molecule has 4 nitrogen and oxygen atoms in total. The lowest BCUT2D eigenvalue weighted by Crippen LogP contribution is -1.97. The molecule has 6 heteroatoms. The highest BCUT2D eigenvalue weighted by molar-refractivity contribution is 5.63. The quantitative estimate of drug-likeness (QED) is 0.871. The summed E-state index contributed by atoms with van der Waals surface area (Å²) in [5.41, 5.74) is 6.32. The van der Waals surface area contributed by atoms with E-state index in [0.717, 1.165) is 12.1 Å². The van der Waals surface area contributed by atoms with Crippen LogP contribution in [0.25, 0.3) is 11.3 Å². The van der Waals surface area contributed by atoms with Crippen LogP contribution in [0.15, 0.2) is 18.2 Å². The van der Waals surface area contributed by atoms with E-state index in [1.54, 1.807) is 13.1 Å². The predicted molar refractivity (Wildman–Crippen MR) is 59.5 cm³/mol. The molecule has 0 aliphatic carbocycles. The second-order valence-electron chi connectivity index (χ2n) is 3.55. The molecule has 0 fully saturated rings. The minimum Gasteiger partial charge on any atom is -0.491 e. The summed E-state index contributed by atoms with van der Waals surface area (Å²) in [5, 5.41) is 4.04. The van der Waals surface area contributed by atoms with E-state index < -0.39 is 17.4 Å². The van der Waals surface area contributed by atoms with Crippen LogP contribution >= 0.6 is 0 Å².